The van der Waals surface area contributed by atoms with Crippen LogP contribution in [0.2, 0.25) is 0 Å². The summed E-state index contributed by atoms with van der Waals surface area (Å²) in [5, 5.41) is 4.64. The van der Waals surface area contributed by atoms with Crippen molar-refractivity contribution in [2.24, 2.45) is 0 Å². The molecule has 2 aliphatic heterocycles. The molecule has 24 rings (SSSR count). The molecule has 4 aliphatic rings. The van der Waals surface area contributed by atoms with Gasteiger partial charge in [0.05, 0.1) is 61.0 Å². The molecule has 0 bridgehead atoms. The molecule has 6 heteroatoms. The van der Waals surface area contributed by atoms with Crippen molar-refractivity contribution in [2.75, 3.05) is 19.6 Å². The van der Waals surface area contributed by atoms with Gasteiger partial charge in [0.15, 0.2) is 5.58 Å². The maximum absolute atomic E-state index is 7.46. The number of anilines is 12. The van der Waals surface area contributed by atoms with Crippen LogP contribution in [0.4, 0.5) is 68.2 Å². The van der Waals surface area contributed by atoms with Crippen molar-refractivity contribution < 1.29 is 4.42 Å². The minimum Gasteiger partial charge on any atom is -0.454 e. The molecular weight excluding hydrogens is 1430 g/mol. The number of para-hydroxylation sites is 6. The Morgan fingerprint density at radius 1 is 0.241 bits per heavy atom. The van der Waals surface area contributed by atoms with Crippen LogP contribution in [0.1, 0.15) is 44.5 Å². The highest BCUT2D eigenvalue weighted by molar-refractivity contribution is 7.26. The van der Waals surface area contributed by atoms with Gasteiger partial charge in [0, 0.05) is 60.1 Å². The van der Waals surface area contributed by atoms with Crippen LogP contribution in [0.3, 0.4) is 0 Å². The van der Waals surface area contributed by atoms with Crippen molar-refractivity contribution in [3.8, 4) is 55.6 Å². The first-order valence-corrected chi connectivity index (χ1v) is 40.8. The lowest BCUT2D eigenvalue weighted by Crippen LogP contribution is -2.36. The van der Waals surface area contributed by atoms with Gasteiger partial charge >= 0.3 is 0 Å². The Hall–Kier alpha value is -14.8. The average molecular weight is 1500 g/mol. The van der Waals surface area contributed by atoms with Crippen LogP contribution < -0.4 is 19.6 Å². The van der Waals surface area contributed by atoms with Crippen molar-refractivity contribution in [2.45, 2.75) is 10.8 Å². The normalized spacial score (nSPS) is 13.4. The van der Waals surface area contributed by atoms with E-state index in [1.54, 1.807) is 0 Å². The highest BCUT2D eigenvalue weighted by atomic mass is 32.1. The van der Waals surface area contributed by atoms with Gasteiger partial charge in [-0.3, -0.25) is 0 Å². The molecule has 0 saturated heterocycles. The number of furan rings is 1. The second kappa shape index (κ2) is 25.9. The summed E-state index contributed by atoms with van der Waals surface area (Å²) in [6.45, 7) is 0. The Labute approximate surface area is 676 Å². The van der Waals surface area contributed by atoms with Gasteiger partial charge in [0.25, 0.3) is 0 Å². The molecule has 0 atom stereocenters. The molecule has 4 heterocycles. The molecule has 0 saturated carbocycles. The first kappa shape index (κ1) is 65.8. The van der Waals surface area contributed by atoms with E-state index in [2.05, 4.69) is 444 Å². The van der Waals surface area contributed by atoms with Crippen LogP contribution in [0.15, 0.2) is 429 Å². The number of thiophene rings is 1. The summed E-state index contributed by atoms with van der Waals surface area (Å²) < 4.78 is 9.99. The zero-order chi connectivity index (χ0) is 76.2. The van der Waals surface area contributed by atoms with E-state index in [9.17, 15) is 0 Å². The van der Waals surface area contributed by atoms with Gasteiger partial charge in [-0.2, -0.15) is 0 Å². The van der Waals surface area contributed by atoms with E-state index >= 15 is 0 Å². The highest BCUT2D eigenvalue weighted by Gasteiger charge is 2.55. The fourth-order valence-corrected chi connectivity index (χ4v) is 21.5. The predicted octanol–water partition coefficient (Wildman–Crippen LogP) is 30.2. The SMILES string of the molecule is c1ccc(-c2ccc(N(c3cccc4c3-c3ccccc3C43c4ccccc4N(c4ccccc4)c4ccccc43)c3cccc4c3oc3cc(-c5ccc(N6c7ccccc7C7(c8ccccc8-c8c(N(c9ccc(-c%10ccccc%10)cc9)c9cccc%10c9sc9ccccc9%10)cccc87)c7ccccc76)cc5)ccc34)cc2)cc1. The fraction of sp³-hybridized carbons (Fsp3) is 0.0182. The van der Waals surface area contributed by atoms with Gasteiger partial charge in [0.2, 0.25) is 0 Å². The summed E-state index contributed by atoms with van der Waals surface area (Å²) in [5.41, 5.74) is 35.2. The number of rotatable bonds is 11. The Bertz CT molecular complexity index is 7260. The van der Waals surface area contributed by atoms with Gasteiger partial charge in [-0.1, -0.05) is 309 Å². The van der Waals surface area contributed by atoms with E-state index in [0.29, 0.717) is 0 Å². The number of fused-ring (bicyclic) bond motifs is 24. The number of benzene rings is 18. The molecular formula is C110H70N4OS. The van der Waals surface area contributed by atoms with Gasteiger partial charge in [-0.25, -0.2) is 0 Å². The summed E-state index contributed by atoms with van der Waals surface area (Å²) in [6.07, 6.45) is 0. The van der Waals surface area contributed by atoms with Gasteiger partial charge in [-0.05, 0) is 204 Å². The van der Waals surface area contributed by atoms with Crippen LogP contribution in [0.25, 0.3) is 97.7 Å². The van der Waals surface area contributed by atoms with Gasteiger partial charge in [-0.15, -0.1) is 11.3 Å². The molecule has 0 fully saturated rings. The topological polar surface area (TPSA) is 26.1 Å². The molecule has 5 nitrogen and oxygen atoms in total. The van der Waals surface area contributed by atoms with Crippen LogP contribution in [0, 0.1) is 0 Å². The third-order valence-corrected chi connectivity index (χ3v) is 26.3. The monoisotopic (exact) mass is 1490 g/mol. The lowest BCUT2D eigenvalue weighted by molar-refractivity contribution is 0.669. The molecule has 0 N–H and O–H groups in total. The molecule has 542 valence electrons. The Morgan fingerprint density at radius 3 is 1.13 bits per heavy atom. The Kier molecular flexibility index (Phi) is 14.7. The van der Waals surface area contributed by atoms with Crippen LogP contribution in [0.5, 0.6) is 0 Å². The van der Waals surface area contributed by atoms with E-state index in [0.717, 1.165) is 107 Å². The summed E-state index contributed by atoms with van der Waals surface area (Å²) in [4.78, 5) is 9.94. The summed E-state index contributed by atoms with van der Waals surface area (Å²) in [6, 6.07) is 158. The summed E-state index contributed by atoms with van der Waals surface area (Å²) in [7, 11) is 0. The van der Waals surface area contributed by atoms with Crippen molar-refractivity contribution in [1.82, 2.24) is 0 Å². The van der Waals surface area contributed by atoms with E-state index in [1.165, 1.54) is 104 Å². The van der Waals surface area contributed by atoms with Crippen molar-refractivity contribution in [3.63, 3.8) is 0 Å². The second-order valence-corrected chi connectivity index (χ2v) is 31.9. The largest absolute Gasteiger partial charge is 0.454 e. The van der Waals surface area contributed by atoms with Crippen LogP contribution in [-0.2, 0) is 10.8 Å². The maximum atomic E-state index is 7.46. The van der Waals surface area contributed by atoms with Gasteiger partial charge in [0.1, 0.15) is 5.58 Å². The molecule has 0 amide bonds. The van der Waals surface area contributed by atoms with E-state index in [1.807, 2.05) is 11.3 Å². The third-order valence-electron chi connectivity index (χ3n) is 25.1. The molecule has 18 aromatic carbocycles. The van der Waals surface area contributed by atoms with Crippen molar-refractivity contribution in [3.05, 3.63) is 469 Å². The minimum atomic E-state index is -0.680. The molecule has 0 radical (unpaired) electrons. The highest BCUT2D eigenvalue weighted by Crippen LogP contribution is 2.68. The lowest BCUT2D eigenvalue weighted by Gasteiger charge is -2.45. The summed E-state index contributed by atoms with van der Waals surface area (Å²) in [5.74, 6) is 0. The van der Waals surface area contributed by atoms with Crippen LogP contribution >= 0.6 is 11.3 Å². The third kappa shape index (κ3) is 9.50. The summed E-state index contributed by atoms with van der Waals surface area (Å²) >= 11 is 1.87. The lowest BCUT2D eigenvalue weighted by atomic mass is 9.64. The van der Waals surface area contributed by atoms with Crippen molar-refractivity contribution in [1.29, 1.82) is 0 Å². The molecule has 116 heavy (non-hydrogen) atoms. The first-order valence-electron chi connectivity index (χ1n) is 40.0. The average Bonchev–Trinajstić information content (AvgIpc) is 1.50. The number of hydrogen-bond donors (Lipinski definition) is 0. The molecule has 2 aromatic heterocycles. The Morgan fingerprint density at radius 2 is 0.603 bits per heavy atom. The van der Waals surface area contributed by atoms with E-state index in [-0.39, 0.29) is 0 Å². The van der Waals surface area contributed by atoms with Crippen molar-refractivity contribution >= 4 is 122 Å². The van der Waals surface area contributed by atoms with Crippen LogP contribution in [-0.4, -0.2) is 0 Å². The van der Waals surface area contributed by atoms with E-state index < -0.39 is 10.8 Å². The molecule has 2 aliphatic carbocycles. The van der Waals surface area contributed by atoms with Gasteiger partial charge < -0.3 is 24.0 Å². The maximum Gasteiger partial charge on any atom is 0.159 e. The molecule has 0 unspecified atom stereocenters. The van der Waals surface area contributed by atoms with E-state index in [4.69, 9.17) is 4.42 Å². The fourth-order valence-electron chi connectivity index (χ4n) is 20.3. The number of hydrogen-bond acceptors (Lipinski definition) is 6. The second-order valence-electron chi connectivity index (χ2n) is 30.8. The predicted molar refractivity (Wildman–Crippen MR) is 483 cm³/mol. The Balaban J connectivity index is 0.625. The quantitative estimate of drug-likeness (QED) is 0.129. The molecule has 20 aromatic rings. The molecule has 2 spiro atoms. The zero-order valence-electron chi connectivity index (χ0n) is 63.0. The smallest absolute Gasteiger partial charge is 0.159 e. The minimum absolute atomic E-state index is 0.657. The standard InChI is InChI=1S/C110H70N4OS/c1-4-28-71(29-5-1)73-56-63-79(64-57-73)113(99-51-26-45-93-105(99)85-35-10-13-39-87(85)109(93)89-41-15-19-47-95(89)111(77-32-8-3-9-33-77)96-48-20-16-42-90(96)109)101-53-24-37-83-81-69-62-76(70-103(81)115-107(83)101)75-60-67-78(68-61-75)112-97-49-21-17-43-91(97)110(92-44-18-22-50-98(92)112)88-40-14-11-36-86(88)106-94(110)46-27-52-100(106)114(80-65-58-74(59-66-80)72-30-6-2-7-31-72)102-54-25-38-84-82-34-12-23-55-104(82)116-108(84)102/h1-70H. The zero-order valence-corrected chi connectivity index (χ0v) is 63.8. The first-order chi connectivity index (χ1) is 57.6. The number of nitrogens with zero attached hydrogens (tertiary/aromatic N) is 4.